The summed E-state index contributed by atoms with van der Waals surface area (Å²) in [6.07, 6.45) is 9.08. The number of amides is 2. The Balaban J connectivity index is 0.887. The minimum absolute atomic E-state index is 0.0102. The fraction of sp³-hybridized carbons (Fsp3) is 0.368. The maximum absolute atomic E-state index is 14.7. The van der Waals surface area contributed by atoms with Crippen molar-refractivity contribution in [3.05, 3.63) is 160 Å². The number of carbonyl (C=O) groups is 4. The number of nitrogens with zero attached hydrogens (tertiary/aromatic N) is 7. The number of hydrogen-bond acceptors (Lipinski definition) is 10. The number of esters is 2. The van der Waals surface area contributed by atoms with Crippen molar-refractivity contribution < 1.29 is 28.7 Å². The average Bonchev–Trinajstić information content (AvgIpc) is 3.83. The van der Waals surface area contributed by atoms with E-state index in [0.717, 1.165) is 77.6 Å². The fourth-order valence-electron chi connectivity index (χ4n) is 10.6. The monoisotopic (exact) mass is 957 g/mol. The molecule has 0 spiro atoms. The van der Waals surface area contributed by atoms with Gasteiger partial charge >= 0.3 is 11.9 Å². The van der Waals surface area contributed by atoms with Crippen LogP contribution in [0.3, 0.4) is 0 Å². The van der Waals surface area contributed by atoms with Gasteiger partial charge in [0.15, 0.2) is 13.5 Å². The fourth-order valence-corrected chi connectivity index (χ4v) is 10.6. The van der Waals surface area contributed by atoms with Crippen LogP contribution in [0.1, 0.15) is 86.6 Å². The summed E-state index contributed by atoms with van der Waals surface area (Å²) < 4.78 is 14.4. The normalized spacial score (nSPS) is 16.8. The molecule has 0 unspecified atom stereocenters. The molecule has 14 heteroatoms. The number of para-hydroxylation sites is 1. The molecule has 3 fully saturated rings. The molecule has 3 saturated heterocycles. The molecule has 0 aliphatic carbocycles. The van der Waals surface area contributed by atoms with E-state index in [1.165, 1.54) is 4.57 Å². The molecule has 9 rings (SSSR count). The van der Waals surface area contributed by atoms with Crippen molar-refractivity contribution in [2.24, 2.45) is 5.92 Å². The summed E-state index contributed by atoms with van der Waals surface area (Å²) in [6, 6.07) is 28.0. The Hall–Kier alpha value is -7.16. The van der Waals surface area contributed by atoms with Gasteiger partial charge in [-0.25, -0.2) is 14.3 Å². The van der Waals surface area contributed by atoms with Crippen LogP contribution in [-0.2, 0) is 38.9 Å². The number of piperazine rings is 1. The summed E-state index contributed by atoms with van der Waals surface area (Å²) in [4.78, 5) is 78.0. The highest BCUT2D eigenvalue weighted by Crippen LogP contribution is 2.31. The molecule has 2 amide bonds. The lowest BCUT2D eigenvalue weighted by atomic mass is 9.88. The zero-order valence-electron chi connectivity index (χ0n) is 40.8. The zero-order chi connectivity index (χ0) is 49.6. The number of likely N-dealkylation sites (tertiary alicyclic amines) is 2. The molecule has 3 aliphatic rings. The highest BCUT2D eigenvalue weighted by atomic mass is 16.5. The van der Waals surface area contributed by atoms with Gasteiger partial charge in [0.2, 0.25) is 11.8 Å². The van der Waals surface area contributed by atoms with Crippen molar-refractivity contribution in [1.82, 2.24) is 33.9 Å². The van der Waals surface area contributed by atoms with Crippen molar-refractivity contribution in [2.45, 2.75) is 70.9 Å². The second kappa shape index (κ2) is 21.9. The van der Waals surface area contributed by atoms with Crippen molar-refractivity contribution in [1.29, 1.82) is 0 Å². The van der Waals surface area contributed by atoms with E-state index in [9.17, 15) is 24.0 Å². The molecule has 2 aromatic heterocycles. The lowest BCUT2D eigenvalue weighted by Crippen LogP contribution is -2.55. The van der Waals surface area contributed by atoms with Gasteiger partial charge in [0.1, 0.15) is 0 Å². The molecular weight excluding hydrogens is 895 g/mol. The number of pyridine rings is 1. The van der Waals surface area contributed by atoms with E-state index < -0.39 is 17.9 Å². The van der Waals surface area contributed by atoms with Crippen LogP contribution in [0.25, 0.3) is 34.0 Å². The predicted octanol–water partition coefficient (Wildman–Crippen LogP) is 7.77. The molecule has 368 valence electrons. The molecule has 6 aromatic rings. The smallest absolute Gasteiger partial charge is 0.339 e. The molecular formula is C57H63N7O7. The number of carbonyl (C=O) groups excluding carboxylic acids is 4. The van der Waals surface area contributed by atoms with E-state index in [1.807, 2.05) is 77.5 Å². The molecule has 0 N–H and O–H groups in total. The molecule has 0 saturated carbocycles. The van der Waals surface area contributed by atoms with E-state index >= 15 is 0 Å². The van der Waals surface area contributed by atoms with Gasteiger partial charge in [0, 0.05) is 68.9 Å². The highest BCUT2D eigenvalue weighted by molar-refractivity contribution is 5.91. The van der Waals surface area contributed by atoms with Gasteiger partial charge in [-0.15, -0.1) is 0 Å². The van der Waals surface area contributed by atoms with Gasteiger partial charge in [0.25, 0.3) is 5.56 Å². The Kier molecular flexibility index (Phi) is 15.0. The number of hydrogen-bond donors (Lipinski definition) is 0. The molecule has 1 atom stereocenters. The predicted molar refractivity (Wildman–Crippen MR) is 276 cm³/mol. The van der Waals surface area contributed by atoms with Crippen molar-refractivity contribution in [3.63, 3.8) is 0 Å². The van der Waals surface area contributed by atoms with Crippen LogP contribution in [0.5, 0.6) is 0 Å². The van der Waals surface area contributed by atoms with Crippen LogP contribution in [-0.4, -0.2) is 123 Å². The minimum Gasteiger partial charge on any atom is -0.440 e. The first kappa shape index (κ1) is 48.8. The molecule has 71 heavy (non-hydrogen) atoms. The lowest BCUT2D eigenvalue weighted by Gasteiger charge is -2.43. The maximum Gasteiger partial charge on any atom is 0.339 e. The van der Waals surface area contributed by atoms with E-state index in [1.54, 1.807) is 53.2 Å². The third-order valence-corrected chi connectivity index (χ3v) is 14.7. The molecule has 0 bridgehead atoms. The molecule has 3 aliphatic heterocycles. The van der Waals surface area contributed by atoms with Crippen LogP contribution >= 0.6 is 0 Å². The SMILES string of the molecule is C=Cc1ccc(C(=O)OCn2cc3cc(C[C@@H](CC(=O)N4CCC(c5cc6ccccc6n(COC(=O)c6ccc(C=C)cc6)c5=O)CC4)C(=O)N4CCN(C5CCN(C)CC5)CC4)cc(C)c3n2)cc1. The molecule has 0 radical (unpaired) electrons. The van der Waals surface area contributed by atoms with Crippen molar-refractivity contribution in [3.8, 4) is 0 Å². The first-order chi connectivity index (χ1) is 34.4. The topological polar surface area (TPSA) is 140 Å². The van der Waals surface area contributed by atoms with Crippen LogP contribution in [0.2, 0.25) is 0 Å². The van der Waals surface area contributed by atoms with Crippen LogP contribution in [0.4, 0.5) is 0 Å². The number of piperidine rings is 2. The summed E-state index contributed by atoms with van der Waals surface area (Å²) >= 11 is 0. The highest BCUT2D eigenvalue weighted by Gasteiger charge is 2.35. The lowest BCUT2D eigenvalue weighted by molar-refractivity contribution is -0.143. The van der Waals surface area contributed by atoms with Crippen molar-refractivity contribution in [2.75, 3.05) is 59.4 Å². The average molecular weight is 958 g/mol. The zero-order valence-corrected chi connectivity index (χ0v) is 40.8. The third-order valence-electron chi connectivity index (χ3n) is 14.7. The Labute approximate surface area is 414 Å². The van der Waals surface area contributed by atoms with Crippen molar-refractivity contribution >= 4 is 57.7 Å². The minimum atomic E-state index is -0.592. The Morgan fingerprint density at radius 1 is 0.718 bits per heavy atom. The van der Waals surface area contributed by atoms with Crippen LogP contribution < -0.4 is 5.56 Å². The second-order valence-corrected chi connectivity index (χ2v) is 19.3. The van der Waals surface area contributed by atoms with Gasteiger partial charge in [-0.3, -0.25) is 23.9 Å². The number of aromatic nitrogens is 3. The van der Waals surface area contributed by atoms with Crippen LogP contribution in [0, 0.1) is 12.8 Å². The molecule has 5 heterocycles. The Morgan fingerprint density at radius 3 is 1.97 bits per heavy atom. The first-order valence-electron chi connectivity index (χ1n) is 24.8. The second-order valence-electron chi connectivity index (χ2n) is 19.3. The summed E-state index contributed by atoms with van der Waals surface area (Å²) in [6.45, 7) is 15.1. The van der Waals surface area contributed by atoms with Gasteiger partial charge in [-0.05, 0) is 135 Å². The van der Waals surface area contributed by atoms with Gasteiger partial charge in [0.05, 0.1) is 28.1 Å². The number of ether oxygens (including phenoxy) is 2. The van der Waals surface area contributed by atoms with E-state index in [0.29, 0.717) is 73.7 Å². The number of benzene rings is 4. The molecule has 14 nitrogen and oxygen atoms in total. The largest absolute Gasteiger partial charge is 0.440 e. The van der Waals surface area contributed by atoms with Gasteiger partial charge < -0.3 is 24.2 Å². The van der Waals surface area contributed by atoms with E-state index in [2.05, 4.69) is 30.0 Å². The summed E-state index contributed by atoms with van der Waals surface area (Å²) in [7, 11) is 2.17. The van der Waals surface area contributed by atoms with Crippen LogP contribution in [0.15, 0.2) is 115 Å². The number of aryl methyl sites for hydroxylation is 1. The Morgan fingerprint density at radius 2 is 1.34 bits per heavy atom. The van der Waals surface area contributed by atoms with E-state index in [4.69, 9.17) is 14.6 Å². The van der Waals surface area contributed by atoms with Gasteiger partial charge in [-0.1, -0.05) is 73.8 Å². The number of fused-ring (bicyclic) bond motifs is 2. The standard InChI is InChI=1S/C57H63N7O7/c1-5-40-11-15-44(16-12-40)56(68)70-37-63-36-48-33-42(31-39(3)53(48)58-63)32-47(54(66)62-29-27-60(28-30-62)49-21-23-59(4)24-22-49)35-52(65)61-25-19-43(20-26-61)50-34-46-9-7-8-10-51(46)64(55(50)67)38-71-57(69)45-17-13-41(6-2)14-18-45/h5-18,31,33-34,36,43,47,49H,1-2,19-30,32,35,37-38H2,3-4H3/t47-/m0/s1. The first-order valence-corrected chi connectivity index (χ1v) is 24.8. The van der Waals surface area contributed by atoms with E-state index in [-0.39, 0.29) is 43.2 Å². The maximum atomic E-state index is 14.7. The summed E-state index contributed by atoms with van der Waals surface area (Å²) in [5.74, 6) is -1.79. The number of rotatable bonds is 15. The Bertz CT molecular complexity index is 2990. The molecule has 4 aromatic carbocycles. The summed E-state index contributed by atoms with van der Waals surface area (Å²) in [5.41, 5.74) is 6.27. The van der Waals surface area contributed by atoms with Gasteiger partial charge in [-0.2, -0.15) is 5.10 Å². The summed E-state index contributed by atoms with van der Waals surface area (Å²) in [5, 5.41) is 6.42. The third kappa shape index (κ3) is 11.2. The quantitative estimate of drug-likeness (QED) is 0.0939.